The summed E-state index contributed by atoms with van der Waals surface area (Å²) in [6, 6.07) is 6.97. The highest BCUT2D eigenvalue weighted by molar-refractivity contribution is 14.0. The van der Waals surface area contributed by atoms with Gasteiger partial charge in [-0.05, 0) is 30.5 Å². The second-order valence-corrected chi connectivity index (χ2v) is 5.00. The summed E-state index contributed by atoms with van der Waals surface area (Å²) in [5.74, 6) is 1.22. The van der Waals surface area contributed by atoms with Gasteiger partial charge in [0.25, 0.3) is 0 Å². The quantitative estimate of drug-likeness (QED) is 0.433. The zero-order valence-electron chi connectivity index (χ0n) is 13.5. The summed E-state index contributed by atoms with van der Waals surface area (Å²) in [4.78, 5) is 4.14. The summed E-state index contributed by atoms with van der Waals surface area (Å²) in [5.41, 5.74) is 2.56. The van der Waals surface area contributed by atoms with E-state index in [0.717, 1.165) is 23.4 Å². The van der Waals surface area contributed by atoms with Crippen molar-refractivity contribution in [2.24, 2.45) is 4.99 Å². The lowest BCUT2D eigenvalue weighted by atomic mass is 10.1. The number of aromatic nitrogens is 1. The van der Waals surface area contributed by atoms with Crippen LogP contribution in [0.1, 0.15) is 29.5 Å². The van der Waals surface area contributed by atoms with Gasteiger partial charge in [-0.1, -0.05) is 24.2 Å². The fraction of sp³-hybridized carbons (Fsp3) is 0.375. The summed E-state index contributed by atoms with van der Waals surface area (Å²) in [7, 11) is 1.70. The van der Waals surface area contributed by atoms with Crippen LogP contribution in [-0.4, -0.2) is 18.2 Å². The van der Waals surface area contributed by atoms with Gasteiger partial charge in [-0.2, -0.15) is 0 Å². The Bertz CT molecular complexity index is 657. The number of aliphatic imine (C=N–C) groups is 1. The fourth-order valence-electron chi connectivity index (χ4n) is 2.00. The summed E-state index contributed by atoms with van der Waals surface area (Å²) < 4.78 is 18.4. The summed E-state index contributed by atoms with van der Waals surface area (Å²) in [6.45, 7) is 4.86. The van der Waals surface area contributed by atoms with E-state index in [1.807, 2.05) is 19.1 Å². The number of guanidine groups is 1. The van der Waals surface area contributed by atoms with Crippen molar-refractivity contribution in [3.05, 3.63) is 52.7 Å². The average Bonchev–Trinajstić information content (AvgIpc) is 2.99. The van der Waals surface area contributed by atoms with Crippen LogP contribution >= 0.6 is 24.0 Å². The van der Waals surface area contributed by atoms with Crippen LogP contribution in [0.2, 0.25) is 0 Å². The topological polar surface area (TPSA) is 62.5 Å². The predicted octanol–water partition coefficient (Wildman–Crippen LogP) is 3.17. The number of benzene rings is 1. The van der Waals surface area contributed by atoms with Gasteiger partial charge in [0.2, 0.25) is 0 Å². The molecule has 1 aromatic heterocycles. The van der Waals surface area contributed by atoms with Crippen LogP contribution in [0.3, 0.4) is 0 Å². The van der Waals surface area contributed by atoms with Gasteiger partial charge < -0.3 is 15.2 Å². The van der Waals surface area contributed by atoms with Crippen LogP contribution in [-0.2, 0) is 19.5 Å². The van der Waals surface area contributed by atoms with Crippen molar-refractivity contribution in [1.82, 2.24) is 15.8 Å². The monoisotopic (exact) mass is 432 g/mol. The third kappa shape index (κ3) is 5.81. The number of hydrogen-bond acceptors (Lipinski definition) is 3. The zero-order valence-corrected chi connectivity index (χ0v) is 15.8. The Labute approximate surface area is 152 Å². The normalized spacial score (nSPS) is 11.0. The zero-order chi connectivity index (χ0) is 15.9. The number of nitrogens with one attached hydrogen (secondary N) is 2. The number of nitrogens with zero attached hydrogens (tertiary/aromatic N) is 2. The number of aryl methyl sites for hydroxylation is 2. The molecule has 0 radical (unpaired) electrons. The van der Waals surface area contributed by atoms with Crippen molar-refractivity contribution >= 4 is 29.9 Å². The molecule has 0 bridgehead atoms. The minimum atomic E-state index is -0.191. The molecule has 0 atom stereocenters. The molecular formula is C16H22FIN4O. The minimum absolute atomic E-state index is 0. The fourth-order valence-corrected chi connectivity index (χ4v) is 2.00. The van der Waals surface area contributed by atoms with E-state index in [4.69, 9.17) is 4.52 Å². The molecule has 0 saturated heterocycles. The van der Waals surface area contributed by atoms with Crippen LogP contribution in [0, 0.1) is 12.7 Å². The molecule has 126 valence electrons. The maximum absolute atomic E-state index is 13.2. The van der Waals surface area contributed by atoms with Gasteiger partial charge in [0.1, 0.15) is 5.82 Å². The van der Waals surface area contributed by atoms with Crippen molar-refractivity contribution in [2.75, 3.05) is 7.05 Å². The average molecular weight is 432 g/mol. The van der Waals surface area contributed by atoms with Crippen LogP contribution in [0.4, 0.5) is 4.39 Å². The first kappa shape index (κ1) is 19.4. The molecule has 0 spiro atoms. The van der Waals surface area contributed by atoms with Crippen molar-refractivity contribution < 1.29 is 8.91 Å². The summed E-state index contributed by atoms with van der Waals surface area (Å²) >= 11 is 0. The Hall–Kier alpha value is -1.64. The molecule has 0 amide bonds. The molecule has 7 heteroatoms. The minimum Gasteiger partial charge on any atom is -0.359 e. The third-order valence-corrected chi connectivity index (χ3v) is 3.31. The smallest absolute Gasteiger partial charge is 0.191 e. The van der Waals surface area contributed by atoms with E-state index >= 15 is 0 Å². The molecule has 0 unspecified atom stereocenters. The van der Waals surface area contributed by atoms with Crippen molar-refractivity contribution in [1.29, 1.82) is 0 Å². The van der Waals surface area contributed by atoms with E-state index in [1.54, 1.807) is 20.0 Å². The van der Waals surface area contributed by atoms with E-state index in [0.29, 0.717) is 24.6 Å². The molecular weight excluding hydrogens is 410 g/mol. The van der Waals surface area contributed by atoms with Gasteiger partial charge in [0, 0.05) is 19.7 Å². The highest BCUT2D eigenvalue weighted by atomic mass is 127. The largest absolute Gasteiger partial charge is 0.359 e. The first-order valence-corrected chi connectivity index (χ1v) is 7.26. The van der Waals surface area contributed by atoms with E-state index in [-0.39, 0.29) is 29.8 Å². The molecule has 0 aliphatic rings. The molecule has 0 aliphatic carbocycles. The second kappa shape index (κ2) is 9.49. The maximum atomic E-state index is 13.2. The highest BCUT2D eigenvalue weighted by Crippen LogP contribution is 2.09. The van der Waals surface area contributed by atoms with Gasteiger partial charge in [0.05, 0.1) is 12.2 Å². The van der Waals surface area contributed by atoms with Crippen LogP contribution < -0.4 is 10.6 Å². The molecule has 2 rings (SSSR count). The summed E-state index contributed by atoms with van der Waals surface area (Å²) in [5, 5.41) is 10.3. The Balaban J connectivity index is 0.00000264. The van der Waals surface area contributed by atoms with Crippen LogP contribution in [0.5, 0.6) is 0 Å². The SMILES string of the molecule is CCc1cc(CNC(=NC)NCc2ccc(F)c(C)c2)on1.I. The predicted molar refractivity (Wildman–Crippen MR) is 99.5 cm³/mol. The Morgan fingerprint density at radius 3 is 2.61 bits per heavy atom. The second-order valence-electron chi connectivity index (χ2n) is 5.00. The first-order chi connectivity index (χ1) is 10.6. The standard InChI is InChI=1S/C16H21FN4O.HI/c1-4-13-8-14(22-21-13)10-20-16(18-3)19-9-12-5-6-15(17)11(2)7-12;/h5-8H,4,9-10H2,1-3H3,(H2,18,19,20);1H. The third-order valence-electron chi connectivity index (χ3n) is 3.31. The highest BCUT2D eigenvalue weighted by Gasteiger charge is 2.05. The van der Waals surface area contributed by atoms with Gasteiger partial charge in [0.15, 0.2) is 11.7 Å². The Morgan fingerprint density at radius 2 is 2.00 bits per heavy atom. The van der Waals surface area contributed by atoms with E-state index in [9.17, 15) is 4.39 Å². The van der Waals surface area contributed by atoms with Crippen LogP contribution in [0.15, 0.2) is 33.8 Å². The molecule has 0 aliphatic heterocycles. The molecule has 1 heterocycles. The van der Waals surface area contributed by atoms with E-state index in [1.165, 1.54) is 6.07 Å². The number of hydrogen-bond donors (Lipinski definition) is 2. The van der Waals surface area contributed by atoms with Gasteiger partial charge in [-0.25, -0.2) is 4.39 Å². The molecule has 2 aromatic rings. The Kier molecular flexibility index (Phi) is 8.01. The lowest BCUT2D eigenvalue weighted by Gasteiger charge is -2.11. The van der Waals surface area contributed by atoms with Gasteiger partial charge >= 0.3 is 0 Å². The summed E-state index contributed by atoms with van der Waals surface area (Å²) in [6.07, 6.45) is 0.848. The molecule has 23 heavy (non-hydrogen) atoms. The van der Waals surface area contributed by atoms with Gasteiger partial charge in [-0.15, -0.1) is 24.0 Å². The lowest BCUT2D eigenvalue weighted by molar-refractivity contribution is 0.374. The van der Waals surface area contributed by atoms with Gasteiger partial charge in [-0.3, -0.25) is 4.99 Å². The van der Waals surface area contributed by atoms with Crippen molar-refractivity contribution in [3.8, 4) is 0 Å². The van der Waals surface area contributed by atoms with E-state index < -0.39 is 0 Å². The van der Waals surface area contributed by atoms with Crippen LogP contribution in [0.25, 0.3) is 0 Å². The molecule has 1 aromatic carbocycles. The first-order valence-electron chi connectivity index (χ1n) is 7.26. The molecule has 2 N–H and O–H groups in total. The number of halogens is 2. The van der Waals surface area contributed by atoms with Crippen molar-refractivity contribution in [2.45, 2.75) is 33.4 Å². The lowest BCUT2D eigenvalue weighted by Crippen LogP contribution is -2.36. The molecule has 0 saturated carbocycles. The van der Waals surface area contributed by atoms with Crippen molar-refractivity contribution in [3.63, 3.8) is 0 Å². The molecule has 0 fully saturated rings. The maximum Gasteiger partial charge on any atom is 0.191 e. The number of rotatable bonds is 5. The Morgan fingerprint density at radius 1 is 1.26 bits per heavy atom. The molecule has 5 nitrogen and oxygen atoms in total. The van der Waals surface area contributed by atoms with E-state index in [2.05, 4.69) is 20.8 Å².